The molecule has 0 saturated heterocycles. The molecular formula is C47H40N4O9S2. The van der Waals surface area contributed by atoms with Crippen molar-refractivity contribution in [2.45, 2.75) is 23.0 Å². The SMILES string of the molecule is NOOSc1ccccc1NC(=O)c1cccc(OCc2ccccc2)c1.O=C(Nc1ccccc1S(=O)(=O)NC(=O)c1ccccc1)c1cccc(OCc2ccccc2)c1. The van der Waals surface area contributed by atoms with E-state index in [1.165, 1.54) is 30.3 Å². The van der Waals surface area contributed by atoms with E-state index in [1.807, 2.05) is 83.6 Å². The van der Waals surface area contributed by atoms with Gasteiger partial charge in [-0.3, -0.25) is 14.4 Å². The summed E-state index contributed by atoms with van der Waals surface area (Å²) in [6.07, 6.45) is 0. The van der Waals surface area contributed by atoms with E-state index in [0.29, 0.717) is 40.9 Å². The molecule has 0 unspecified atom stereocenters. The lowest BCUT2D eigenvalue weighted by molar-refractivity contribution is -0.195. The van der Waals surface area contributed by atoms with Crippen molar-refractivity contribution in [2.75, 3.05) is 10.6 Å². The second-order valence-corrected chi connectivity index (χ2v) is 15.4. The number of nitrogens with one attached hydrogen (secondary N) is 3. The van der Waals surface area contributed by atoms with Crippen LogP contribution in [0.5, 0.6) is 11.5 Å². The van der Waals surface area contributed by atoms with Gasteiger partial charge in [-0.25, -0.2) is 13.1 Å². The topological polar surface area (TPSA) is 184 Å². The second-order valence-electron chi connectivity index (χ2n) is 13.1. The van der Waals surface area contributed by atoms with Crippen molar-refractivity contribution in [2.24, 2.45) is 5.90 Å². The number of rotatable bonds is 16. The molecule has 15 heteroatoms. The molecule has 5 N–H and O–H groups in total. The molecule has 0 heterocycles. The highest BCUT2D eigenvalue weighted by Crippen LogP contribution is 2.28. The van der Waals surface area contributed by atoms with Gasteiger partial charge in [0.1, 0.15) is 29.6 Å². The number of carbonyl (C=O) groups excluding carboxylic acids is 3. The van der Waals surface area contributed by atoms with Crippen molar-refractivity contribution in [3.8, 4) is 11.5 Å². The van der Waals surface area contributed by atoms with Crippen molar-refractivity contribution in [1.82, 2.24) is 4.72 Å². The summed E-state index contributed by atoms with van der Waals surface area (Å²) in [6, 6.07) is 54.1. The van der Waals surface area contributed by atoms with E-state index in [1.54, 1.807) is 78.9 Å². The standard InChI is InChI=1S/C27H22N2O5S.C20H18N2O4S/c30-26(22-14-9-15-23(18-22)34-19-20-10-3-1-4-11-20)28-24-16-7-8-17-25(24)35(32,33)29-27(31)21-12-5-2-6-13-21;21-25-26-27-19-12-5-4-11-18(19)22-20(23)16-9-6-10-17(13-16)24-14-15-7-2-1-3-8-15/h1-18H,19H2,(H,28,30)(H,29,31);1-13H,14,21H2,(H,22,23). The van der Waals surface area contributed by atoms with Crippen LogP contribution < -0.4 is 30.7 Å². The first-order valence-corrected chi connectivity index (χ1v) is 21.1. The first-order valence-electron chi connectivity index (χ1n) is 18.8. The number of sulfonamides is 1. The molecule has 7 aromatic rings. The third kappa shape index (κ3) is 13.1. The van der Waals surface area contributed by atoms with Gasteiger partial charge in [-0.05, 0) is 83.9 Å². The summed E-state index contributed by atoms with van der Waals surface area (Å²) in [5, 5.41) is 5.47. The maximum atomic E-state index is 12.9. The maximum absolute atomic E-state index is 12.9. The van der Waals surface area contributed by atoms with Gasteiger partial charge < -0.3 is 20.1 Å². The third-order valence-corrected chi connectivity index (χ3v) is 10.7. The van der Waals surface area contributed by atoms with Crippen molar-refractivity contribution in [3.05, 3.63) is 216 Å². The Morgan fingerprint density at radius 2 is 0.952 bits per heavy atom. The van der Waals surface area contributed by atoms with Gasteiger partial charge in [0.25, 0.3) is 27.7 Å². The first-order chi connectivity index (χ1) is 30.2. The largest absolute Gasteiger partial charge is 0.489 e. The van der Waals surface area contributed by atoms with Gasteiger partial charge >= 0.3 is 0 Å². The normalized spacial score (nSPS) is 10.7. The van der Waals surface area contributed by atoms with E-state index >= 15 is 0 Å². The Kier molecular flexibility index (Phi) is 16.0. The highest BCUT2D eigenvalue weighted by atomic mass is 32.2. The lowest BCUT2D eigenvalue weighted by atomic mass is 10.2. The Hall–Kier alpha value is -7.27. The zero-order valence-electron chi connectivity index (χ0n) is 32.9. The molecule has 13 nitrogen and oxygen atoms in total. The van der Waals surface area contributed by atoms with Crippen LogP contribution in [0.3, 0.4) is 0 Å². The predicted molar refractivity (Wildman–Crippen MR) is 237 cm³/mol. The Labute approximate surface area is 363 Å². The first kappa shape index (κ1) is 44.3. The number of hydrogen-bond acceptors (Lipinski definition) is 11. The molecule has 0 spiro atoms. The van der Waals surface area contributed by atoms with Gasteiger partial charge in [-0.15, -0.1) is 9.32 Å². The van der Waals surface area contributed by atoms with Gasteiger partial charge in [0.2, 0.25) is 0 Å². The lowest BCUT2D eigenvalue weighted by Gasteiger charge is -2.13. The zero-order chi connectivity index (χ0) is 43.6. The number of nitrogens with two attached hydrogens (primary N) is 1. The van der Waals surface area contributed by atoms with E-state index in [-0.39, 0.29) is 27.6 Å². The average molecular weight is 869 g/mol. The zero-order valence-corrected chi connectivity index (χ0v) is 34.5. The highest BCUT2D eigenvalue weighted by Gasteiger charge is 2.23. The molecule has 0 fully saturated rings. The minimum atomic E-state index is -4.25. The highest BCUT2D eigenvalue weighted by molar-refractivity contribution is 7.94. The van der Waals surface area contributed by atoms with Gasteiger partial charge in [-0.1, -0.05) is 115 Å². The van der Waals surface area contributed by atoms with Crippen LogP contribution in [0.15, 0.2) is 198 Å². The van der Waals surface area contributed by atoms with Gasteiger partial charge in [0, 0.05) is 16.7 Å². The third-order valence-electron chi connectivity index (χ3n) is 8.68. The van der Waals surface area contributed by atoms with Crippen molar-refractivity contribution >= 4 is 51.2 Å². The van der Waals surface area contributed by atoms with Crippen molar-refractivity contribution in [3.63, 3.8) is 0 Å². The average Bonchev–Trinajstić information content (AvgIpc) is 3.31. The summed E-state index contributed by atoms with van der Waals surface area (Å²) in [6.45, 7) is 0.774. The lowest BCUT2D eigenvalue weighted by Crippen LogP contribution is -2.31. The van der Waals surface area contributed by atoms with Gasteiger partial charge in [0.15, 0.2) is 0 Å². The Morgan fingerprint density at radius 3 is 1.50 bits per heavy atom. The van der Waals surface area contributed by atoms with Crippen LogP contribution in [0.1, 0.15) is 42.2 Å². The minimum Gasteiger partial charge on any atom is -0.489 e. The van der Waals surface area contributed by atoms with Crippen LogP contribution >= 0.6 is 12.0 Å². The number of benzene rings is 7. The summed E-state index contributed by atoms with van der Waals surface area (Å²) in [5.41, 5.74) is 3.64. The number of hydrogen-bond donors (Lipinski definition) is 4. The Bertz CT molecular complexity index is 2690. The molecule has 0 saturated carbocycles. The van der Waals surface area contributed by atoms with Crippen LogP contribution in [0.25, 0.3) is 0 Å². The summed E-state index contributed by atoms with van der Waals surface area (Å²) < 4.78 is 44.1. The van der Waals surface area contributed by atoms with E-state index in [4.69, 9.17) is 15.4 Å². The molecule has 0 aliphatic heterocycles. The number of anilines is 2. The van der Waals surface area contributed by atoms with Gasteiger partial charge in [-0.2, -0.15) is 5.90 Å². The van der Waals surface area contributed by atoms with Crippen LogP contribution in [-0.4, -0.2) is 26.1 Å². The molecule has 314 valence electrons. The van der Waals surface area contributed by atoms with E-state index in [9.17, 15) is 22.8 Å². The molecule has 0 aliphatic rings. The quantitative estimate of drug-likeness (QED) is 0.0413. The van der Waals surface area contributed by atoms with Crippen LogP contribution in [0.4, 0.5) is 11.4 Å². The van der Waals surface area contributed by atoms with E-state index in [2.05, 4.69) is 20.0 Å². The van der Waals surface area contributed by atoms with Crippen molar-refractivity contribution in [1.29, 1.82) is 0 Å². The summed E-state index contributed by atoms with van der Waals surface area (Å²) in [4.78, 5) is 42.4. The van der Waals surface area contributed by atoms with E-state index in [0.717, 1.165) is 23.2 Å². The summed E-state index contributed by atoms with van der Waals surface area (Å²) in [7, 11) is -4.25. The number of ether oxygens (including phenoxy) is 2. The molecule has 7 aromatic carbocycles. The van der Waals surface area contributed by atoms with Crippen LogP contribution in [-0.2, 0) is 32.6 Å². The molecule has 7 rings (SSSR count). The van der Waals surface area contributed by atoms with Crippen LogP contribution in [0.2, 0.25) is 0 Å². The molecule has 0 aliphatic carbocycles. The predicted octanol–water partition coefficient (Wildman–Crippen LogP) is 8.98. The smallest absolute Gasteiger partial charge is 0.266 e. The second kappa shape index (κ2) is 22.4. The van der Waals surface area contributed by atoms with Crippen LogP contribution in [0, 0.1) is 0 Å². The van der Waals surface area contributed by atoms with E-state index < -0.39 is 21.8 Å². The van der Waals surface area contributed by atoms with Crippen molar-refractivity contribution < 1.29 is 41.6 Å². The number of amides is 3. The molecular weight excluding hydrogens is 829 g/mol. The number of carbonyl (C=O) groups is 3. The fraction of sp³-hybridized carbons (Fsp3) is 0.0426. The Balaban J connectivity index is 0.000000214. The van der Waals surface area contributed by atoms with Gasteiger partial charge in [0.05, 0.1) is 28.3 Å². The molecule has 0 bridgehead atoms. The maximum Gasteiger partial charge on any atom is 0.266 e. The molecule has 3 amide bonds. The fourth-order valence-corrected chi connectivity index (χ4v) is 7.25. The number of para-hydroxylation sites is 2. The summed E-state index contributed by atoms with van der Waals surface area (Å²) >= 11 is 0.906. The molecule has 62 heavy (non-hydrogen) atoms. The molecule has 0 radical (unpaired) electrons. The summed E-state index contributed by atoms with van der Waals surface area (Å²) in [5.74, 6) is 4.43. The Morgan fingerprint density at radius 1 is 0.500 bits per heavy atom. The molecule has 0 atom stereocenters. The fourth-order valence-electron chi connectivity index (χ4n) is 5.65. The minimum absolute atomic E-state index is 0.0430. The molecule has 0 aromatic heterocycles. The monoisotopic (exact) mass is 868 g/mol.